The minimum Gasteiger partial charge on any atom is -0.497 e. The smallest absolute Gasteiger partial charge is 0.249 e. The Morgan fingerprint density at radius 3 is 2.67 bits per heavy atom. The number of carbonyl (C=O) groups is 1. The number of pyridine rings is 1. The van der Waals surface area contributed by atoms with Crippen molar-refractivity contribution in [1.82, 2.24) is 4.98 Å². The van der Waals surface area contributed by atoms with Crippen molar-refractivity contribution < 1.29 is 18.7 Å². The number of hydrogen-bond donors (Lipinski definition) is 1. The maximum Gasteiger partial charge on any atom is 0.249 e. The fourth-order valence-electron chi connectivity index (χ4n) is 3.77. The molecule has 0 radical (unpaired) electrons. The first kappa shape index (κ1) is 22.4. The number of halogens is 1. The van der Waals surface area contributed by atoms with Gasteiger partial charge in [-0.15, -0.1) is 0 Å². The Balaban J connectivity index is 1.76. The molecular weight excluding hydrogens is 440 g/mol. The van der Waals surface area contributed by atoms with Crippen LogP contribution in [-0.4, -0.2) is 25.1 Å². The van der Waals surface area contributed by atoms with Crippen molar-refractivity contribution >= 4 is 39.9 Å². The fraction of sp³-hybridized carbons (Fsp3) is 0.154. The fourth-order valence-corrected chi connectivity index (χ4v) is 3.88. The van der Waals surface area contributed by atoms with Gasteiger partial charge in [-0.05, 0) is 55.3 Å². The Morgan fingerprint density at radius 2 is 1.97 bits per heavy atom. The van der Waals surface area contributed by atoms with Gasteiger partial charge in [0.25, 0.3) is 0 Å². The first-order valence-corrected chi connectivity index (χ1v) is 10.6. The zero-order valence-corrected chi connectivity index (χ0v) is 19.5. The van der Waals surface area contributed by atoms with E-state index in [0.717, 1.165) is 44.5 Å². The zero-order chi connectivity index (χ0) is 23.5. The summed E-state index contributed by atoms with van der Waals surface area (Å²) in [5, 5.41) is 4.17. The molecule has 0 aliphatic carbocycles. The minimum atomic E-state index is -0.303. The molecule has 0 aliphatic rings. The molecule has 1 amide bonds. The molecule has 2 aromatic heterocycles. The summed E-state index contributed by atoms with van der Waals surface area (Å²) in [5.74, 6) is 1.53. The number of ether oxygens (including phenoxy) is 2. The molecule has 1 N–H and O–H groups in total. The van der Waals surface area contributed by atoms with E-state index >= 15 is 0 Å². The molecule has 0 bridgehead atoms. The molecule has 0 spiro atoms. The van der Waals surface area contributed by atoms with Crippen LogP contribution in [0.2, 0.25) is 5.02 Å². The van der Waals surface area contributed by atoms with E-state index in [4.69, 9.17) is 25.5 Å². The monoisotopic (exact) mass is 462 g/mol. The number of carbonyl (C=O) groups excluding carboxylic acids is 1. The van der Waals surface area contributed by atoms with E-state index in [1.807, 2.05) is 44.2 Å². The van der Waals surface area contributed by atoms with E-state index in [2.05, 4.69) is 10.3 Å². The summed E-state index contributed by atoms with van der Waals surface area (Å²) in [5.41, 5.74) is 5.02. The minimum absolute atomic E-state index is 0.303. The van der Waals surface area contributed by atoms with Crippen LogP contribution in [-0.2, 0) is 4.79 Å². The van der Waals surface area contributed by atoms with E-state index in [1.165, 1.54) is 12.3 Å². The summed E-state index contributed by atoms with van der Waals surface area (Å²) < 4.78 is 17.0. The molecule has 4 rings (SSSR count). The second-order valence-corrected chi connectivity index (χ2v) is 7.96. The van der Waals surface area contributed by atoms with E-state index in [0.29, 0.717) is 16.6 Å². The second kappa shape index (κ2) is 9.38. The van der Waals surface area contributed by atoms with E-state index in [1.54, 1.807) is 32.6 Å². The molecule has 33 heavy (non-hydrogen) atoms. The lowest BCUT2D eigenvalue weighted by Crippen LogP contribution is -2.10. The predicted octanol–water partition coefficient (Wildman–Crippen LogP) is 6.52. The lowest BCUT2D eigenvalue weighted by Gasteiger charge is -2.13. The first-order valence-electron chi connectivity index (χ1n) is 10.3. The van der Waals surface area contributed by atoms with Crippen LogP contribution >= 0.6 is 11.6 Å². The number of aryl methyl sites for hydroxylation is 1. The summed E-state index contributed by atoms with van der Waals surface area (Å²) in [7, 11) is 3.24. The van der Waals surface area contributed by atoms with Crippen LogP contribution in [0, 0.1) is 6.92 Å². The molecular formula is C26H23ClN2O4. The van der Waals surface area contributed by atoms with Crippen molar-refractivity contribution in [3.05, 3.63) is 77.2 Å². The number of allylic oxidation sites excluding steroid dienone is 1. The van der Waals surface area contributed by atoms with Crippen molar-refractivity contribution in [3.63, 3.8) is 0 Å². The molecule has 0 aliphatic heterocycles. The van der Waals surface area contributed by atoms with Crippen LogP contribution in [0.5, 0.6) is 11.5 Å². The molecule has 168 valence electrons. The van der Waals surface area contributed by atoms with Crippen molar-refractivity contribution in [2.75, 3.05) is 19.5 Å². The lowest BCUT2D eigenvalue weighted by atomic mass is 9.96. The number of nitrogens with zero attached hydrogens (tertiary/aromatic N) is 1. The standard InChI is InChI=1S/C26H23ClN2O4/c1-15(10-24(30)29-23-9-8-18(27)13-28-23)20-12-21-22(17-6-5-7-19(11-17)31-3)14-33-26(21)16(2)25(20)32-4/h5-14H,1-4H3,(H,28,29,30)/b15-10+. The summed E-state index contributed by atoms with van der Waals surface area (Å²) in [6.07, 6.45) is 4.73. The Hall–Kier alpha value is -3.77. The predicted molar refractivity (Wildman–Crippen MR) is 131 cm³/mol. The highest BCUT2D eigenvalue weighted by atomic mass is 35.5. The summed E-state index contributed by atoms with van der Waals surface area (Å²) >= 11 is 5.86. The van der Waals surface area contributed by atoms with E-state index < -0.39 is 0 Å². The van der Waals surface area contributed by atoms with Crippen LogP contribution in [0.1, 0.15) is 18.1 Å². The zero-order valence-electron chi connectivity index (χ0n) is 18.7. The summed E-state index contributed by atoms with van der Waals surface area (Å²) in [6, 6.07) is 13.1. The van der Waals surface area contributed by atoms with Gasteiger partial charge in [-0.25, -0.2) is 4.98 Å². The Labute approximate surface area is 196 Å². The molecule has 0 fully saturated rings. The number of fused-ring (bicyclic) bond motifs is 1. The number of anilines is 1. The third-order valence-corrected chi connectivity index (χ3v) is 5.60. The average molecular weight is 463 g/mol. The Bertz CT molecular complexity index is 1360. The normalized spacial score (nSPS) is 11.5. The second-order valence-electron chi connectivity index (χ2n) is 7.52. The number of aromatic nitrogens is 1. The quantitative estimate of drug-likeness (QED) is 0.330. The molecule has 0 unspecified atom stereocenters. The van der Waals surface area contributed by atoms with E-state index in [-0.39, 0.29) is 5.91 Å². The molecule has 0 saturated heterocycles. The van der Waals surface area contributed by atoms with E-state index in [9.17, 15) is 4.79 Å². The van der Waals surface area contributed by atoms with Gasteiger partial charge in [-0.1, -0.05) is 23.7 Å². The highest BCUT2D eigenvalue weighted by molar-refractivity contribution is 6.30. The number of methoxy groups -OCH3 is 2. The number of rotatable bonds is 6. The largest absolute Gasteiger partial charge is 0.497 e. The molecule has 7 heteroatoms. The van der Waals surface area contributed by atoms with Gasteiger partial charge in [0.05, 0.1) is 25.5 Å². The number of hydrogen-bond acceptors (Lipinski definition) is 5. The van der Waals surface area contributed by atoms with Gasteiger partial charge < -0.3 is 19.2 Å². The van der Waals surface area contributed by atoms with Crippen LogP contribution in [0.25, 0.3) is 27.7 Å². The third kappa shape index (κ3) is 4.56. The highest BCUT2D eigenvalue weighted by Crippen LogP contribution is 2.41. The molecule has 2 heterocycles. The molecule has 0 saturated carbocycles. The number of nitrogens with one attached hydrogen (secondary N) is 1. The molecule has 6 nitrogen and oxygen atoms in total. The van der Waals surface area contributed by atoms with Gasteiger partial charge in [0.2, 0.25) is 5.91 Å². The Kier molecular flexibility index (Phi) is 6.38. The van der Waals surface area contributed by atoms with Crippen molar-refractivity contribution in [3.8, 4) is 22.6 Å². The van der Waals surface area contributed by atoms with Gasteiger partial charge in [-0.3, -0.25) is 4.79 Å². The SMILES string of the molecule is COc1cccc(-c2coc3c(C)c(OC)c(/C(C)=C/C(=O)Nc4ccc(Cl)cn4)cc23)c1. The number of amides is 1. The van der Waals surface area contributed by atoms with Gasteiger partial charge in [0.1, 0.15) is 22.9 Å². The van der Waals surface area contributed by atoms with Crippen LogP contribution in [0.15, 0.2) is 65.4 Å². The molecule has 0 atom stereocenters. The molecule has 4 aromatic rings. The van der Waals surface area contributed by atoms with Crippen molar-refractivity contribution in [2.45, 2.75) is 13.8 Å². The van der Waals surface area contributed by atoms with Gasteiger partial charge in [-0.2, -0.15) is 0 Å². The maximum atomic E-state index is 12.6. The Morgan fingerprint density at radius 1 is 1.15 bits per heavy atom. The van der Waals surface area contributed by atoms with Gasteiger partial charge in [0.15, 0.2) is 0 Å². The van der Waals surface area contributed by atoms with Crippen LogP contribution in [0.3, 0.4) is 0 Å². The number of benzene rings is 2. The van der Waals surface area contributed by atoms with Gasteiger partial charge in [0, 0.05) is 34.3 Å². The number of furan rings is 1. The third-order valence-electron chi connectivity index (χ3n) is 5.38. The lowest BCUT2D eigenvalue weighted by molar-refractivity contribution is -0.111. The van der Waals surface area contributed by atoms with Crippen molar-refractivity contribution in [1.29, 1.82) is 0 Å². The maximum absolute atomic E-state index is 12.6. The summed E-state index contributed by atoms with van der Waals surface area (Å²) in [6.45, 7) is 3.80. The van der Waals surface area contributed by atoms with Crippen LogP contribution < -0.4 is 14.8 Å². The summed E-state index contributed by atoms with van der Waals surface area (Å²) in [4.78, 5) is 16.7. The molecule has 2 aromatic carbocycles. The van der Waals surface area contributed by atoms with Crippen LogP contribution in [0.4, 0.5) is 5.82 Å². The highest BCUT2D eigenvalue weighted by Gasteiger charge is 2.19. The topological polar surface area (TPSA) is 73.6 Å². The first-order chi connectivity index (χ1) is 15.9. The van der Waals surface area contributed by atoms with Gasteiger partial charge >= 0.3 is 0 Å². The average Bonchev–Trinajstić information content (AvgIpc) is 3.25. The van der Waals surface area contributed by atoms with Crippen molar-refractivity contribution in [2.24, 2.45) is 0 Å².